The van der Waals surface area contributed by atoms with Crippen molar-refractivity contribution in [3.8, 4) is 11.4 Å². The van der Waals surface area contributed by atoms with Gasteiger partial charge in [-0.05, 0) is 48.6 Å². The van der Waals surface area contributed by atoms with E-state index in [0.29, 0.717) is 22.3 Å². The van der Waals surface area contributed by atoms with Gasteiger partial charge in [0, 0.05) is 11.5 Å². The molecule has 154 valence electrons. The Hall–Kier alpha value is -2.70. The van der Waals surface area contributed by atoms with Crippen LogP contribution in [0.4, 0.5) is 0 Å². The molecule has 1 heterocycles. The molecular formula is C23H29N3O3. The molecule has 0 aliphatic carbocycles. The molecule has 0 radical (unpaired) electrons. The number of aryl methyl sites for hydroxylation is 1. The number of phenolic OH excluding ortho intramolecular Hbond substituents is 1. The Kier molecular flexibility index (Phi) is 5.52. The third-order valence-electron chi connectivity index (χ3n) is 5.17. The minimum absolute atomic E-state index is 0.162. The molecule has 3 aromatic rings. The van der Waals surface area contributed by atoms with Gasteiger partial charge in [-0.2, -0.15) is 0 Å². The Bertz CT molecular complexity index is 1060. The maximum Gasteiger partial charge on any atom is 0.146 e. The van der Waals surface area contributed by atoms with Crippen LogP contribution in [-0.4, -0.2) is 43.0 Å². The van der Waals surface area contributed by atoms with Crippen LogP contribution in [0, 0.1) is 6.92 Å². The van der Waals surface area contributed by atoms with Gasteiger partial charge >= 0.3 is 0 Å². The minimum atomic E-state index is -0.845. The molecule has 2 aromatic carbocycles. The van der Waals surface area contributed by atoms with E-state index >= 15 is 0 Å². The fourth-order valence-electron chi connectivity index (χ4n) is 3.48. The molecule has 2 unspecified atom stereocenters. The van der Waals surface area contributed by atoms with Crippen LogP contribution < -0.4 is 0 Å². The summed E-state index contributed by atoms with van der Waals surface area (Å²) in [5, 5.41) is 40.0. The lowest BCUT2D eigenvalue weighted by Gasteiger charge is -2.22. The van der Waals surface area contributed by atoms with E-state index in [1.165, 1.54) is 4.80 Å². The lowest BCUT2D eigenvalue weighted by molar-refractivity contribution is 0.134. The first kappa shape index (κ1) is 21.0. The first-order chi connectivity index (χ1) is 13.5. The topological polar surface area (TPSA) is 91.4 Å². The van der Waals surface area contributed by atoms with Crippen LogP contribution in [0.3, 0.4) is 0 Å². The third kappa shape index (κ3) is 4.04. The summed E-state index contributed by atoms with van der Waals surface area (Å²) in [6.45, 7) is 13.4. The minimum Gasteiger partial charge on any atom is -0.505 e. The van der Waals surface area contributed by atoms with Crippen molar-refractivity contribution in [3.63, 3.8) is 0 Å². The van der Waals surface area contributed by atoms with E-state index in [1.807, 2.05) is 52.0 Å². The summed E-state index contributed by atoms with van der Waals surface area (Å²) in [5.41, 5.74) is 4.76. The van der Waals surface area contributed by atoms with E-state index in [2.05, 4.69) is 16.8 Å². The summed E-state index contributed by atoms with van der Waals surface area (Å²) in [6, 6.07) is 9.27. The summed E-state index contributed by atoms with van der Waals surface area (Å²) < 4.78 is 0. The largest absolute Gasteiger partial charge is 0.505 e. The van der Waals surface area contributed by atoms with Gasteiger partial charge in [-0.3, -0.25) is 0 Å². The summed E-state index contributed by atoms with van der Waals surface area (Å²) in [7, 11) is 0. The first-order valence-corrected chi connectivity index (χ1v) is 9.68. The van der Waals surface area contributed by atoms with Gasteiger partial charge in [-0.25, -0.2) is 0 Å². The van der Waals surface area contributed by atoms with Gasteiger partial charge in [0.15, 0.2) is 0 Å². The van der Waals surface area contributed by atoms with Gasteiger partial charge in [0.1, 0.15) is 22.5 Å². The number of fused-ring (bicyclic) bond motifs is 1. The smallest absolute Gasteiger partial charge is 0.146 e. The fraction of sp³-hybridized carbons (Fsp3) is 0.391. The van der Waals surface area contributed by atoms with E-state index in [4.69, 9.17) is 0 Å². The predicted molar refractivity (Wildman–Crippen MR) is 115 cm³/mol. The van der Waals surface area contributed by atoms with Crippen LogP contribution in [0.2, 0.25) is 0 Å². The van der Waals surface area contributed by atoms with Gasteiger partial charge in [0.05, 0.1) is 12.7 Å². The van der Waals surface area contributed by atoms with E-state index in [1.54, 1.807) is 13.0 Å². The zero-order chi connectivity index (χ0) is 21.5. The molecule has 0 saturated heterocycles. The van der Waals surface area contributed by atoms with Crippen molar-refractivity contribution >= 4 is 11.0 Å². The maximum absolute atomic E-state index is 10.9. The Labute approximate surface area is 171 Å². The number of hydrogen-bond acceptors (Lipinski definition) is 5. The van der Waals surface area contributed by atoms with Crippen LogP contribution in [0.15, 0.2) is 42.5 Å². The quantitative estimate of drug-likeness (QED) is 0.573. The van der Waals surface area contributed by atoms with Crippen molar-refractivity contribution in [2.45, 2.75) is 52.1 Å². The Morgan fingerprint density at radius 1 is 1.14 bits per heavy atom. The van der Waals surface area contributed by atoms with E-state index in [9.17, 15) is 15.3 Å². The maximum atomic E-state index is 10.9. The molecule has 6 nitrogen and oxygen atoms in total. The highest BCUT2D eigenvalue weighted by Gasteiger charge is 2.24. The molecule has 29 heavy (non-hydrogen) atoms. The third-order valence-corrected chi connectivity index (χ3v) is 5.17. The lowest BCUT2D eigenvalue weighted by Crippen LogP contribution is -2.22. The fourth-order valence-corrected chi connectivity index (χ4v) is 3.48. The normalized spacial score (nSPS) is 14.2. The standard InChI is InChI=1S/C23H29N3O3/c1-13(2)21(28)16(12-27)15-7-8-18-19(11-15)25-26(24-18)20-10-14(3)9-17(22(20)29)23(4,5)6/h7-11,16,21,27-29H,1,12H2,2-6H3. The number of nitrogens with zero attached hydrogens (tertiary/aromatic N) is 3. The van der Waals surface area contributed by atoms with E-state index in [-0.39, 0.29) is 17.8 Å². The second-order valence-electron chi connectivity index (χ2n) is 8.75. The number of aliphatic hydroxyl groups excluding tert-OH is 2. The van der Waals surface area contributed by atoms with Crippen molar-refractivity contribution in [2.24, 2.45) is 0 Å². The van der Waals surface area contributed by atoms with Crippen LogP contribution in [0.5, 0.6) is 5.75 Å². The van der Waals surface area contributed by atoms with Crippen LogP contribution >= 0.6 is 0 Å². The second-order valence-corrected chi connectivity index (χ2v) is 8.75. The van der Waals surface area contributed by atoms with Gasteiger partial charge in [-0.1, -0.05) is 45.1 Å². The van der Waals surface area contributed by atoms with Crippen LogP contribution in [0.1, 0.15) is 50.3 Å². The molecular weight excluding hydrogens is 366 g/mol. The molecule has 0 fully saturated rings. The van der Waals surface area contributed by atoms with Crippen LogP contribution in [0.25, 0.3) is 16.7 Å². The number of aromatic hydroxyl groups is 1. The average molecular weight is 396 g/mol. The molecule has 0 amide bonds. The summed E-state index contributed by atoms with van der Waals surface area (Å²) in [4.78, 5) is 1.44. The molecule has 0 aliphatic rings. The van der Waals surface area contributed by atoms with Gasteiger partial charge in [-0.15, -0.1) is 15.0 Å². The second kappa shape index (κ2) is 7.61. The van der Waals surface area contributed by atoms with Crippen molar-refractivity contribution in [2.75, 3.05) is 6.61 Å². The van der Waals surface area contributed by atoms with Crippen molar-refractivity contribution in [1.82, 2.24) is 15.0 Å². The van der Waals surface area contributed by atoms with Crippen LogP contribution in [-0.2, 0) is 5.41 Å². The Morgan fingerprint density at radius 2 is 1.79 bits per heavy atom. The number of phenols is 1. The first-order valence-electron chi connectivity index (χ1n) is 9.68. The Balaban J connectivity index is 2.10. The molecule has 0 bridgehead atoms. The van der Waals surface area contributed by atoms with Crippen molar-refractivity contribution < 1.29 is 15.3 Å². The van der Waals surface area contributed by atoms with Gasteiger partial charge in [0.2, 0.25) is 0 Å². The highest BCUT2D eigenvalue weighted by atomic mass is 16.3. The average Bonchev–Trinajstić information content (AvgIpc) is 3.06. The molecule has 0 aliphatic heterocycles. The van der Waals surface area contributed by atoms with Gasteiger partial charge < -0.3 is 15.3 Å². The van der Waals surface area contributed by atoms with Gasteiger partial charge in [0.25, 0.3) is 0 Å². The lowest BCUT2D eigenvalue weighted by atomic mass is 9.85. The molecule has 3 rings (SSSR count). The van der Waals surface area contributed by atoms with Crippen molar-refractivity contribution in [3.05, 3.63) is 59.2 Å². The highest BCUT2D eigenvalue weighted by molar-refractivity contribution is 5.75. The van der Waals surface area contributed by atoms with E-state index in [0.717, 1.165) is 16.7 Å². The molecule has 1 aromatic heterocycles. The summed E-state index contributed by atoms with van der Waals surface area (Å²) in [5.74, 6) is -0.323. The summed E-state index contributed by atoms with van der Waals surface area (Å²) in [6.07, 6.45) is -0.845. The number of hydrogen-bond donors (Lipinski definition) is 3. The molecule has 6 heteroatoms. The predicted octanol–water partition coefficient (Wildman–Crippen LogP) is 3.74. The molecule has 0 spiro atoms. The summed E-state index contributed by atoms with van der Waals surface area (Å²) >= 11 is 0. The van der Waals surface area contributed by atoms with Crippen molar-refractivity contribution in [1.29, 1.82) is 0 Å². The molecule has 2 atom stereocenters. The molecule has 0 saturated carbocycles. The monoisotopic (exact) mass is 395 g/mol. The number of rotatable bonds is 5. The molecule has 3 N–H and O–H groups in total. The number of aromatic nitrogens is 3. The SMILES string of the molecule is C=C(C)C(O)C(CO)c1ccc2nn(-c3cc(C)cc(C(C)(C)C)c3O)nc2c1. The number of aliphatic hydroxyl groups is 2. The van der Waals surface area contributed by atoms with E-state index < -0.39 is 12.0 Å². The highest BCUT2D eigenvalue weighted by Crippen LogP contribution is 2.36. The Morgan fingerprint density at radius 3 is 2.38 bits per heavy atom. The zero-order valence-corrected chi connectivity index (χ0v) is 17.6. The zero-order valence-electron chi connectivity index (χ0n) is 17.6. The number of benzene rings is 2.